The lowest BCUT2D eigenvalue weighted by molar-refractivity contribution is 0.285. The molecular formula is C13H22N2O. The molecule has 0 radical (unpaired) electrons. The summed E-state index contributed by atoms with van der Waals surface area (Å²) in [5, 5.41) is 8.77. The maximum atomic E-state index is 8.77. The van der Waals surface area contributed by atoms with Crippen LogP contribution >= 0.6 is 0 Å². The molecule has 0 aliphatic carbocycles. The van der Waals surface area contributed by atoms with Gasteiger partial charge in [0.05, 0.1) is 0 Å². The number of unbranched alkanes of at least 4 members (excludes halogenated alkanes) is 1. The fourth-order valence-electron chi connectivity index (χ4n) is 1.74. The Hall–Kier alpha value is -1.22. The van der Waals surface area contributed by atoms with Gasteiger partial charge in [-0.05, 0) is 50.5 Å². The van der Waals surface area contributed by atoms with Crippen molar-refractivity contribution in [1.29, 1.82) is 0 Å². The van der Waals surface area contributed by atoms with Crippen LogP contribution in [0.5, 0.6) is 0 Å². The third-order valence-electron chi connectivity index (χ3n) is 2.84. The van der Waals surface area contributed by atoms with E-state index in [0.717, 1.165) is 37.2 Å². The van der Waals surface area contributed by atoms with Crippen molar-refractivity contribution in [3.05, 3.63) is 23.8 Å². The third-order valence-corrected chi connectivity index (χ3v) is 2.84. The van der Waals surface area contributed by atoms with Crippen LogP contribution in [-0.4, -0.2) is 24.8 Å². The molecule has 0 amide bonds. The zero-order valence-corrected chi connectivity index (χ0v) is 10.2. The second kappa shape index (κ2) is 6.38. The molecule has 90 valence electrons. The molecule has 3 N–H and O–H groups in total. The molecule has 0 aliphatic rings. The number of nitrogens with two attached hydrogens (primary N) is 1. The fraction of sp³-hybridized carbons (Fsp3) is 0.538. The van der Waals surface area contributed by atoms with Crippen LogP contribution in [0.3, 0.4) is 0 Å². The van der Waals surface area contributed by atoms with E-state index < -0.39 is 0 Å². The molecule has 1 aromatic rings. The number of aryl methyl sites for hydroxylation is 1. The molecule has 0 bridgehead atoms. The van der Waals surface area contributed by atoms with Crippen molar-refractivity contribution >= 4 is 11.4 Å². The third kappa shape index (κ3) is 3.42. The number of rotatable bonds is 6. The summed E-state index contributed by atoms with van der Waals surface area (Å²) >= 11 is 0. The highest BCUT2D eigenvalue weighted by Gasteiger charge is 2.04. The Kier molecular flexibility index (Phi) is 5.12. The van der Waals surface area contributed by atoms with Gasteiger partial charge < -0.3 is 15.7 Å². The number of hydrogen-bond acceptors (Lipinski definition) is 3. The van der Waals surface area contributed by atoms with Crippen LogP contribution in [-0.2, 0) is 0 Å². The van der Waals surface area contributed by atoms with E-state index in [1.807, 2.05) is 13.0 Å². The van der Waals surface area contributed by atoms with E-state index in [2.05, 4.69) is 24.0 Å². The maximum absolute atomic E-state index is 8.77. The van der Waals surface area contributed by atoms with Gasteiger partial charge in [-0.2, -0.15) is 0 Å². The molecule has 0 saturated heterocycles. The lowest BCUT2D eigenvalue weighted by Crippen LogP contribution is -2.24. The Morgan fingerprint density at radius 1 is 1.31 bits per heavy atom. The molecule has 3 nitrogen and oxygen atoms in total. The van der Waals surface area contributed by atoms with Gasteiger partial charge in [-0.1, -0.05) is 0 Å². The fourth-order valence-corrected chi connectivity index (χ4v) is 1.74. The zero-order chi connectivity index (χ0) is 12.0. The Bertz CT molecular complexity index is 326. The Balaban J connectivity index is 2.67. The van der Waals surface area contributed by atoms with Gasteiger partial charge in [0.2, 0.25) is 0 Å². The topological polar surface area (TPSA) is 49.5 Å². The van der Waals surface area contributed by atoms with Crippen LogP contribution in [0.25, 0.3) is 0 Å². The van der Waals surface area contributed by atoms with Crippen molar-refractivity contribution in [1.82, 2.24) is 0 Å². The Morgan fingerprint density at radius 2 is 2.06 bits per heavy atom. The molecule has 0 aromatic heterocycles. The van der Waals surface area contributed by atoms with Crippen molar-refractivity contribution in [2.75, 3.05) is 30.3 Å². The lowest BCUT2D eigenvalue weighted by atomic mass is 10.1. The maximum Gasteiger partial charge on any atom is 0.0431 e. The molecular weight excluding hydrogens is 200 g/mol. The predicted octanol–water partition coefficient (Wildman–Crippen LogP) is 2.18. The summed E-state index contributed by atoms with van der Waals surface area (Å²) in [5.74, 6) is 0. The first kappa shape index (κ1) is 12.8. The van der Waals surface area contributed by atoms with Crippen LogP contribution in [0.2, 0.25) is 0 Å². The van der Waals surface area contributed by atoms with Gasteiger partial charge in [0.25, 0.3) is 0 Å². The van der Waals surface area contributed by atoms with Gasteiger partial charge in [-0.15, -0.1) is 0 Å². The van der Waals surface area contributed by atoms with E-state index in [9.17, 15) is 0 Å². The first-order valence-electron chi connectivity index (χ1n) is 5.91. The average Bonchev–Trinajstić information content (AvgIpc) is 2.29. The molecule has 0 spiro atoms. The molecule has 0 aliphatic heterocycles. The van der Waals surface area contributed by atoms with Crippen LogP contribution in [0.4, 0.5) is 11.4 Å². The van der Waals surface area contributed by atoms with Crippen LogP contribution < -0.4 is 10.6 Å². The smallest absolute Gasteiger partial charge is 0.0431 e. The number of hydrogen-bond donors (Lipinski definition) is 2. The number of nitrogens with zero attached hydrogens (tertiary/aromatic N) is 1. The molecule has 0 heterocycles. The molecule has 1 aromatic carbocycles. The number of aliphatic hydroxyl groups excluding tert-OH is 1. The molecule has 3 heteroatoms. The summed E-state index contributed by atoms with van der Waals surface area (Å²) in [5.41, 5.74) is 8.98. The van der Waals surface area contributed by atoms with Gasteiger partial charge in [-0.25, -0.2) is 0 Å². The first-order valence-corrected chi connectivity index (χ1v) is 5.91. The monoisotopic (exact) mass is 222 g/mol. The predicted molar refractivity (Wildman–Crippen MR) is 69.8 cm³/mol. The molecule has 0 atom stereocenters. The van der Waals surface area contributed by atoms with Gasteiger partial charge in [0.15, 0.2) is 0 Å². The standard InChI is InChI=1S/C13H22N2O/c1-3-15(8-4-5-9-16)12-6-7-13(14)11(2)10-12/h6-7,10,16H,3-5,8-9,14H2,1-2H3. The van der Waals surface area contributed by atoms with Crippen molar-refractivity contribution in [2.45, 2.75) is 26.7 Å². The van der Waals surface area contributed by atoms with E-state index in [0.29, 0.717) is 0 Å². The highest BCUT2D eigenvalue weighted by atomic mass is 16.2. The Labute approximate surface area is 97.9 Å². The van der Waals surface area contributed by atoms with Crippen LogP contribution in [0.1, 0.15) is 25.3 Å². The average molecular weight is 222 g/mol. The highest BCUT2D eigenvalue weighted by Crippen LogP contribution is 2.20. The zero-order valence-electron chi connectivity index (χ0n) is 10.2. The van der Waals surface area contributed by atoms with E-state index >= 15 is 0 Å². The summed E-state index contributed by atoms with van der Waals surface area (Å²) in [4.78, 5) is 2.31. The van der Waals surface area contributed by atoms with Gasteiger partial charge in [0, 0.05) is 31.1 Å². The van der Waals surface area contributed by atoms with Gasteiger partial charge in [-0.3, -0.25) is 0 Å². The molecule has 1 rings (SSSR count). The van der Waals surface area contributed by atoms with Crippen molar-refractivity contribution in [3.8, 4) is 0 Å². The molecule has 0 fully saturated rings. The minimum Gasteiger partial charge on any atom is -0.399 e. The number of nitrogen functional groups attached to an aromatic ring is 1. The second-order valence-electron chi connectivity index (χ2n) is 4.05. The van der Waals surface area contributed by atoms with Crippen LogP contribution in [0, 0.1) is 6.92 Å². The summed E-state index contributed by atoms with van der Waals surface area (Å²) < 4.78 is 0. The summed E-state index contributed by atoms with van der Waals surface area (Å²) in [6.07, 6.45) is 1.89. The summed E-state index contributed by atoms with van der Waals surface area (Å²) in [6, 6.07) is 6.14. The number of benzene rings is 1. The largest absolute Gasteiger partial charge is 0.399 e. The summed E-state index contributed by atoms with van der Waals surface area (Å²) in [6.45, 7) is 6.42. The quantitative estimate of drug-likeness (QED) is 0.573. The van der Waals surface area contributed by atoms with E-state index in [4.69, 9.17) is 10.8 Å². The SMILES string of the molecule is CCN(CCCCO)c1ccc(N)c(C)c1. The van der Waals surface area contributed by atoms with Gasteiger partial charge >= 0.3 is 0 Å². The normalized spacial score (nSPS) is 10.4. The minimum atomic E-state index is 0.276. The van der Waals surface area contributed by atoms with Crippen LogP contribution in [0.15, 0.2) is 18.2 Å². The van der Waals surface area contributed by atoms with Crippen molar-refractivity contribution in [3.63, 3.8) is 0 Å². The van der Waals surface area contributed by atoms with E-state index in [1.54, 1.807) is 0 Å². The molecule has 0 saturated carbocycles. The number of aliphatic hydroxyl groups is 1. The van der Waals surface area contributed by atoms with E-state index in [-0.39, 0.29) is 6.61 Å². The summed E-state index contributed by atoms with van der Waals surface area (Å²) in [7, 11) is 0. The number of anilines is 2. The Morgan fingerprint density at radius 3 is 2.62 bits per heavy atom. The molecule has 16 heavy (non-hydrogen) atoms. The lowest BCUT2D eigenvalue weighted by Gasteiger charge is -2.23. The minimum absolute atomic E-state index is 0.276. The van der Waals surface area contributed by atoms with E-state index in [1.165, 1.54) is 5.69 Å². The van der Waals surface area contributed by atoms with Crippen molar-refractivity contribution < 1.29 is 5.11 Å². The van der Waals surface area contributed by atoms with Crippen molar-refractivity contribution in [2.24, 2.45) is 0 Å². The van der Waals surface area contributed by atoms with Gasteiger partial charge in [0.1, 0.15) is 0 Å². The molecule has 0 unspecified atom stereocenters. The first-order chi connectivity index (χ1) is 7.69. The highest BCUT2D eigenvalue weighted by molar-refractivity contribution is 5.57. The second-order valence-corrected chi connectivity index (χ2v) is 4.05.